The Morgan fingerprint density at radius 3 is 3.00 bits per heavy atom. The lowest BCUT2D eigenvalue weighted by atomic mass is 9.98. The molecule has 1 aliphatic heterocycles. The van der Waals surface area contributed by atoms with Crippen molar-refractivity contribution in [3.8, 4) is 0 Å². The molecule has 0 amide bonds. The lowest BCUT2D eigenvalue weighted by Crippen LogP contribution is -2.23. The zero-order valence-corrected chi connectivity index (χ0v) is 12.1. The summed E-state index contributed by atoms with van der Waals surface area (Å²) in [5, 5.41) is 9.09. The fourth-order valence-corrected chi connectivity index (χ4v) is 3.08. The Labute approximate surface area is 123 Å². The molecule has 3 rings (SSSR count). The van der Waals surface area contributed by atoms with Gasteiger partial charge < -0.3 is 14.6 Å². The van der Waals surface area contributed by atoms with Crippen LogP contribution in [0.2, 0.25) is 0 Å². The second kappa shape index (κ2) is 5.60. The maximum Gasteiger partial charge on any atom is 0.304 e. The average Bonchev–Trinajstić information content (AvgIpc) is 3.05. The normalized spacial score (nSPS) is 17.0. The van der Waals surface area contributed by atoms with E-state index in [1.165, 1.54) is 0 Å². The maximum absolute atomic E-state index is 11.1. The van der Waals surface area contributed by atoms with E-state index in [4.69, 9.17) is 5.11 Å². The van der Waals surface area contributed by atoms with Crippen LogP contribution in [0.4, 0.5) is 5.69 Å². The highest BCUT2D eigenvalue weighted by Crippen LogP contribution is 2.38. The number of aryl methyl sites for hydroxylation is 1. The predicted octanol–water partition coefficient (Wildman–Crippen LogP) is 2.48. The molecule has 1 aromatic carbocycles. The topological polar surface area (TPSA) is 58.4 Å². The van der Waals surface area contributed by atoms with Crippen LogP contribution in [0.3, 0.4) is 0 Å². The van der Waals surface area contributed by atoms with Crippen LogP contribution in [-0.2, 0) is 17.9 Å². The summed E-state index contributed by atoms with van der Waals surface area (Å²) in [5.41, 5.74) is 3.44. The minimum atomic E-state index is -0.741. The highest BCUT2D eigenvalue weighted by molar-refractivity contribution is 5.71. The van der Waals surface area contributed by atoms with Gasteiger partial charge in [0.25, 0.3) is 0 Å². The SMILES string of the molecule is CCn1cncc1CN1CC(CC(=O)O)c2ccccc21. The van der Waals surface area contributed by atoms with Gasteiger partial charge in [-0.2, -0.15) is 0 Å². The van der Waals surface area contributed by atoms with Gasteiger partial charge in [-0.05, 0) is 18.6 Å². The maximum atomic E-state index is 11.1. The molecule has 21 heavy (non-hydrogen) atoms. The van der Waals surface area contributed by atoms with E-state index in [2.05, 4.69) is 27.4 Å². The molecule has 1 atom stereocenters. The van der Waals surface area contributed by atoms with E-state index in [0.29, 0.717) is 0 Å². The number of hydrogen-bond donors (Lipinski definition) is 1. The number of aliphatic carboxylic acids is 1. The van der Waals surface area contributed by atoms with Crippen molar-refractivity contribution in [3.05, 3.63) is 48.0 Å². The molecular weight excluding hydrogens is 266 g/mol. The van der Waals surface area contributed by atoms with Crippen LogP contribution in [0.5, 0.6) is 0 Å². The molecule has 0 bridgehead atoms. The van der Waals surface area contributed by atoms with Crippen molar-refractivity contribution < 1.29 is 9.90 Å². The van der Waals surface area contributed by atoms with Gasteiger partial charge >= 0.3 is 5.97 Å². The highest BCUT2D eigenvalue weighted by atomic mass is 16.4. The van der Waals surface area contributed by atoms with Gasteiger partial charge in [-0.25, -0.2) is 4.98 Å². The van der Waals surface area contributed by atoms with E-state index in [-0.39, 0.29) is 12.3 Å². The fraction of sp³-hybridized carbons (Fsp3) is 0.375. The van der Waals surface area contributed by atoms with Crippen LogP contribution in [-0.4, -0.2) is 27.2 Å². The molecular formula is C16H19N3O2. The molecule has 5 nitrogen and oxygen atoms in total. The second-order valence-electron chi connectivity index (χ2n) is 5.41. The lowest BCUT2D eigenvalue weighted by Gasteiger charge is -2.20. The first kappa shape index (κ1) is 13.7. The molecule has 0 aliphatic carbocycles. The van der Waals surface area contributed by atoms with Gasteiger partial charge in [0.05, 0.1) is 25.0 Å². The number of carboxylic acid groups (broad SMARTS) is 1. The molecule has 0 saturated carbocycles. The van der Waals surface area contributed by atoms with Crippen molar-refractivity contribution >= 4 is 11.7 Å². The Bertz CT molecular complexity index is 650. The van der Waals surface area contributed by atoms with Crippen LogP contribution in [0.25, 0.3) is 0 Å². The average molecular weight is 285 g/mol. The Hall–Kier alpha value is -2.30. The summed E-state index contributed by atoms with van der Waals surface area (Å²) in [7, 11) is 0. The summed E-state index contributed by atoms with van der Waals surface area (Å²) >= 11 is 0. The van der Waals surface area contributed by atoms with Crippen molar-refractivity contribution in [2.24, 2.45) is 0 Å². The molecule has 2 heterocycles. The van der Waals surface area contributed by atoms with Gasteiger partial charge in [0, 0.05) is 30.9 Å². The number of imidazole rings is 1. The number of benzene rings is 1. The number of rotatable bonds is 5. The summed E-state index contributed by atoms with van der Waals surface area (Å²) in [6, 6.07) is 8.10. The zero-order chi connectivity index (χ0) is 14.8. The van der Waals surface area contributed by atoms with E-state index in [0.717, 1.165) is 36.6 Å². The minimum Gasteiger partial charge on any atom is -0.481 e. The van der Waals surface area contributed by atoms with Crippen LogP contribution >= 0.6 is 0 Å². The second-order valence-corrected chi connectivity index (χ2v) is 5.41. The fourth-order valence-electron chi connectivity index (χ4n) is 3.08. The molecule has 0 fully saturated rings. The zero-order valence-electron chi connectivity index (χ0n) is 12.1. The molecule has 0 radical (unpaired) electrons. The molecule has 5 heteroatoms. The first-order valence-electron chi connectivity index (χ1n) is 7.23. The van der Waals surface area contributed by atoms with E-state index >= 15 is 0 Å². The Balaban J connectivity index is 1.86. The quantitative estimate of drug-likeness (QED) is 0.917. The van der Waals surface area contributed by atoms with E-state index in [9.17, 15) is 4.79 Å². The number of carboxylic acids is 1. The lowest BCUT2D eigenvalue weighted by molar-refractivity contribution is -0.137. The van der Waals surface area contributed by atoms with Crippen molar-refractivity contribution in [1.82, 2.24) is 9.55 Å². The third-order valence-electron chi connectivity index (χ3n) is 4.07. The number of hydrogen-bond acceptors (Lipinski definition) is 3. The largest absolute Gasteiger partial charge is 0.481 e. The Morgan fingerprint density at radius 1 is 1.43 bits per heavy atom. The molecule has 1 aromatic heterocycles. The molecule has 0 saturated heterocycles. The van der Waals surface area contributed by atoms with Crippen molar-refractivity contribution in [2.45, 2.75) is 32.4 Å². The number of carbonyl (C=O) groups is 1. The number of fused-ring (bicyclic) bond motifs is 1. The van der Waals surface area contributed by atoms with Crippen LogP contribution in [0.15, 0.2) is 36.8 Å². The number of para-hydroxylation sites is 1. The highest BCUT2D eigenvalue weighted by Gasteiger charge is 2.30. The number of aromatic nitrogens is 2. The number of nitrogens with zero attached hydrogens (tertiary/aromatic N) is 3. The van der Waals surface area contributed by atoms with Crippen molar-refractivity contribution in [1.29, 1.82) is 0 Å². The van der Waals surface area contributed by atoms with Gasteiger partial charge in [0.2, 0.25) is 0 Å². The van der Waals surface area contributed by atoms with Crippen LogP contribution < -0.4 is 4.90 Å². The third-order valence-corrected chi connectivity index (χ3v) is 4.07. The summed E-state index contributed by atoms with van der Waals surface area (Å²) in [6.45, 7) is 4.50. The molecule has 1 aliphatic rings. The van der Waals surface area contributed by atoms with Crippen molar-refractivity contribution in [3.63, 3.8) is 0 Å². The molecule has 1 N–H and O–H groups in total. The van der Waals surface area contributed by atoms with Crippen LogP contribution in [0.1, 0.15) is 30.5 Å². The Kier molecular flexibility index (Phi) is 3.64. The third kappa shape index (κ3) is 2.63. The van der Waals surface area contributed by atoms with Gasteiger partial charge in [-0.1, -0.05) is 18.2 Å². The van der Waals surface area contributed by atoms with Crippen molar-refractivity contribution in [2.75, 3.05) is 11.4 Å². The molecule has 0 spiro atoms. The van der Waals surface area contributed by atoms with Gasteiger partial charge in [-0.3, -0.25) is 4.79 Å². The smallest absolute Gasteiger partial charge is 0.304 e. The molecule has 110 valence electrons. The van der Waals surface area contributed by atoms with E-state index < -0.39 is 5.97 Å². The number of anilines is 1. The standard InChI is InChI=1S/C16H19N3O2/c1-2-18-11-17-8-13(18)10-19-9-12(7-16(20)21)14-5-3-4-6-15(14)19/h3-6,8,11-12H,2,7,9-10H2,1H3,(H,20,21). The summed E-state index contributed by atoms with van der Waals surface area (Å²) in [4.78, 5) is 17.5. The predicted molar refractivity (Wildman–Crippen MR) is 80.4 cm³/mol. The Morgan fingerprint density at radius 2 is 2.24 bits per heavy atom. The monoisotopic (exact) mass is 285 g/mol. The van der Waals surface area contributed by atoms with Gasteiger partial charge in [0.15, 0.2) is 0 Å². The first-order valence-corrected chi connectivity index (χ1v) is 7.23. The van der Waals surface area contributed by atoms with Crippen LogP contribution in [0, 0.1) is 0 Å². The summed E-state index contributed by atoms with van der Waals surface area (Å²) in [5.74, 6) is -0.674. The van der Waals surface area contributed by atoms with E-state index in [1.807, 2.05) is 30.7 Å². The van der Waals surface area contributed by atoms with Gasteiger partial charge in [-0.15, -0.1) is 0 Å². The molecule has 2 aromatic rings. The first-order chi connectivity index (χ1) is 10.2. The van der Waals surface area contributed by atoms with E-state index in [1.54, 1.807) is 0 Å². The minimum absolute atomic E-state index is 0.0664. The van der Waals surface area contributed by atoms with Gasteiger partial charge in [0.1, 0.15) is 0 Å². The molecule has 1 unspecified atom stereocenters. The summed E-state index contributed by atoms with van der Waals surface area (Å²) in [6.07, 6.45) is 3.91. The summed E-state index contributed by atoms with van der Waals surface area (Å²) < 4.78 is 2.12.